The van der Waals surface area contributed by atoms with Crippen molar-refractivity contribution in [3.63, 3.8) is 0 Å². The summed E-state index contributed by atoms with van der Waals surface area (Å²) in [5, 5.41) is 19.3. The number of rotatable bonds is 5. The van der Waals surface area contributed by atoms with Crippen molar-refractivity contribution in [2.75, 3.05) is 6.61 Å². The highest BCUT2D eigenvalue weighted by molar-refractivity contribution is 5.88. The molecule has 0 unspecified atom stereocenters. The average molecular weight is 279 g/mol. The van der Waals surface area contributed by atoms with Gasteiger partial charge in [0.2, 0.25) is 0 Å². The Morgan fingerprint density at radius 1 is 1.42 bits per heavy atom. The van der Waals surface area contributed by atoms with Crippen molar-refractivity contribution in [3.05, 3.63) is 33.9 Å². The molecule has 0 aliphatic heterocycles. The maximum absolute atomic E-state index is 11.9. The Morgan fingerprint density at radius 3 is 2.53 bits per heavy atom. The molecule has 0 spiro atoms. The summed E-state index contributed by atoms with van der Waals surface area (Å²) in [5.41, 5.74) is -0.903. The van der Waals surface area contributed by atoms with Crippen molar-refractivity contribution in [2.24, 2.45) is 0 Å². The third-order valence-corrected chi connectivity index (χ3v) is 2.05. The van der Waals surface area contributed by atoms with Gasteiger partial charge in [-0.05, 0) is 6.07 Å². The van der Waals surface area contributed by atoms with E-state index in [9.17, 15) is 28.1 Å². The second kappa shape index (κ2) is 5.55. The van der Waals surface area contributed by atoms with E-state index in [-0.39, 0.29) is 5.56 Å². The summed E-state index contributed by atoms with van der Waals surface area (Å²) in [4.78, 5) is 20.4. The van der Waals surface area contributed by atoms with Gasteiger partial charge < -0.3 is 9.84 Å². The van der Waals surface area contributed by atoms with E-state index in [2.05, 4.69) is 4.74 Å². The number of ether oxygens (including phenoxy) is 1. The lowest BCUT2D eigenvalue weighted by Gasteiger charge is -2.09. The summed E-state index contributed by atoms with van der Waals surface area (Å²) in [5.74, 6) is -1.87. The Labute approximate surface area is 104 Å². The van der Waals surface area contributed by atoms with Crippen LogP contribution in [0.15, 0.2) is 18.2 Å². The van der Waals surface area contributed by atoms with Gasteiger partial charge in [0, 0.05) is 12.1 Å². The molecule has 6 nitrogen and oxygen atoms in total. The Bertz CT molecular complexity index is 500. The van der Waals surface area contributed by atoms with E-state index < -0.39 is 41.5 Å². The molecule has 19 heavy (non-hydrogen) atoms. The van der Waals surface area contributed by atoms with Gasteiger partial charge in [0.25, 0.3) is 0 Å². The number of nitro benzene ring substituents is 1. The number of carbonyl (C=O) groups is 1. The molecule has 1 N–H and O–H groups in total. The molecule has 1 aromatic rings. The normalized spacial score (nSPS) is 11.1. The molecule has 0 amide bonds. The van der Waals surface area contributed by atoms with Gasteiger partial charge in [0.15, 0.2) is 5.75 Å². The van der Waals surface area contributed by atoms with Crippen molar-refractivity contribution in [2.45, 2.75) is 12.6 Å². The lowest BCUT2D eigenvalue weighted by atomic mass is 10.2. The molecule has 0 atom stereocenters. The number of carboxylic acids is 1. The lowest BCUT2D eigenvalue weighted by Crippen LogP contribution is -2.13. The number of nitro groups is 1. The molecule has 0 aliphatic rings. The molecular weight excluding hydrogens is 271 g/mol. The molecule has 104 valence electrons. The SMILES string of the molecule is O=C(O)c1ccc([N+](=O)[O-])c(OCCC(F)(F)F)c1. The fraction of sp³-hybridized carbons (Fsp3) is 0.300. The zero-order chi connectivity index (χ0) is 14.6. The molecule has 0 aliphatic carbocycles. The van der Waals surface area contributed by atoms with Gasteiger partial charge in [0.05, 0.1) is 23.5 Å². The van der Waals surface area contributed by atoms with E-state index >= 15 is 0 Å². The summed E-state index contributed by atoms with van der Waals surface area (Å²) in [7, 11) is 0. The Kier molecular flexibility index (Phi) is 4.30. The van der Waals surface area contributed by atoms with Crippen LogP contribution in [-0.2, 0) is 0 Å². The Balaban J connectivity index is 2.92. The van der Waals surface area contributed by atoms with Crippen LogP contribution in [0.2, 0.25) is 0 Å². The number of nitrogens with zero attached hydrogens (tertiary/aromatic N) is 1. The van der Waals surface area contributed by atoms with Gasteiger partial charge >= 0.3 is 17.8 Å². The van der Waals surface area contributed by atoms with Crippen molar-refractivity contribution in [3.8, 4) is 5.75 Å². The third kappa shape index (κ3) is 4.45. The van der Waals surface area contributed by atoms with Crippen LogP contribution in [0.1, 0.15) is 16.8 Å². The molecule has 0 saturated heterocycles. The third-order valence-electron chi connectivity index (χ3n) is 2.05. The molecule has 0 radical (unpaired) electrons. The number of hydrogen-bond donors (Lipinski definition) is 1. The van der Waals surface area contributed by atoms with Crippen LogP contribution < -0.4 is 4.74 Å². The van der Waals surface area contributed by atoms with Crippen molar-refractivity contribution in [1.29, 1.82) is 0 Å². The largest absolute Gasteiger partial charge is 0.486 e. The number of carboxylic acid groups (broad SMARTS) is 1. The van der Waals surface area contributed by atoms with E-state index in [1.165, 1.54) is 0 Å². The van der Waals surface area contributed by atoms with Crippen molar-refractivity contribution in [1.82, 2.24) is 0 Å². The average Bonchev–Trinajstić information content (AvgIpc) is 2.26. The van der Waals surface area contributed by atoms with E-state index in [0.717, 1.165) is 18.2 Å². The predicted octanol–water partition coefficient (Wildman–Crippen LogP) is 2.62. The van der Waals surface area contributed by atoms with Crippen molar-refractivity contribution < 1.29 is 32.7 Å². The first-order valence-corrected chi connectivity index (χ1v) is 4.92. The molecule has 0 aromatic heterocycles. The summed E-state index contributed by atoms with van der Waals surface area (Å²) in [6.07, 6.45) is -5.75. The number of hydrogen-bond acceptors (Lipinski definition) is 4. The number of halogens is 3. The molecule has 1 aromatic carbocycles. The quantitative estimate of drug-likeness (QED) is 0.661. The van der Waals surface area contributed by atoms with Crippen LogP contribution in [0, 0.1) is 10.1 Å². The Morgan fingerprint density at radius 2 is 2.05 bits per heavy atom. The molecule has 0 fully saturated rings. The minimum atomic E-state index is -4.46. The van der Waals surface area contributed by atoms with Crippen LogP contribution in [0.5, 0.6) is 5.75 Å². The molecule has 9 heteroatoms. The van der Waals surface area contributed by atoms with Crippen LogP contribution in [0.4, 0.5) is 18.9 Å². The first-order chi connectivity index (χ1) is 8.70. The summed E-state index contributed by atoms with van der Waals surface area (Å²) < 4.78 is 40.4. The minimum absolute atomic E-state index is 0.312. The van der Waals surface area contributed by atoms with E-state index in [1.807, 2.05) is 0 Å². The molecule has 0 heterocycles. The molecule has 1 rings (SSSR count). The number of aromatic carboxylic acids is 1. The van der Waals surface area contributed by atoms with Gasteiger partial charge in [-0.15, -0.1) is 0 Å². The zero-order valence-corrected chi connectivity index (χ0v) is 9.31. The van der Waals surface area contributed by atoms with Gasteiger partial charge in [-0.2, -0.15) is 13.2 Å². The maximum atomic E-state index is 11.9. The molecule has 0 bridgehead atoms. The smallest absolute Gasteiger partial charge is 0.392 e. The first kappa shape index (κ1) is 14.7. The van der Waals surface area contributed by atoms with Crippen LogP contribution in [-0.4, -0.2) is 28.8 Å². The fourth-order valence-corrected chi connectivity index (χ4v) is 1.19. The van der Waals surface area contributed by atoms with Gasteiger partial charge in [-0.3, -0.25) is 10.1 Å². The zero-order valence-electron chi connectivity index (χ0n) is 9.31. The monoisotopic (exact) mass is 279 g/mol. The first-order valence-electron chi connectivity index (χ1n) is 4.92. The second-order valence-electron chi connectivity index (χ2n) is 3.46. The van der Waals surface area contributed by atoms with E-state index in [0.29, 0.717) is 0 Å². The highest BCUT2D eigenvalue weighted by atomic mass is 19.4. The van der Waals surface area contributed by atoms with E-state index in [1.54, 1.807) is 0 Å². The molecular formula is C10H8F3NO5. The van der Waals surface area contributed by atoms with Crippen LogP contribution >= 0.6 is 0 Å². The topological polar surface area (TPSA) is 89.7 Å². The van der Waals surface area contributed by atoms with E-state index in [4.69, 9.17) is 5.11 Å². The summed E-state index contributed by atoms with van der Waals surface area (Å²) in [6, 6.07) is 2.65. The van der Waals surface area contributed by atoms with Gasteiger partial charge in [0.1, 0.15) is 0 Å². The highest BCUT2D eigenvalue weighted by Crippen LogP contribution is 2.29. The van der Waals surface area contributed by atoms with Gasteiger partial charge in [-0.1, -0.05) is 0 Å². The number of benzene rings is 1. The Hall–Kier alpha value is -2.32. The minimum Gasteiger partial charge on any atom is -0.486 e. The van der Waals surface area contributed by atoms with Crippen LogP contribution in [0.25, 0.3) is 0 Å². The fourth-order valence-electron chi connectivity index (χ4n) is 1.19. The van der Waals surface area contributed by atoms with Crippen molar-refractivity contribution >= 4 is 11.7 Å². The molecule has 0 saturated carbocycles. The summed E-state index contributed by atoms with van der Waals surface area (Å²) in [6.45, 7) is -0.826. The lowest BCUT2D eigenvalue weighted by molar-refractivity contribution is -0.385. The number of alkyl halides is 3. The standard InChI is InChI=1S/C10H8F3NO5/c11-10(12,13)3-4-19-8-5-6(9(15)16)1-2-7(8)14(17)18/h1-2,5H,3-4H2,(H,15,16). The van der Waals surface area contributed by atoms with Crippen LogP contribution in [0.3, 0.4) is 0 Å². The predicted molar refractivity (Wildman–Crippen MR) is 56.2 cm³/mol. The maximum Gasteiger partial charge on any atom is 0.392 e. The highest BCUT2D eigenvalue weighted by Gasteiger charge is 2.27. The summed E-state index contributed by atoms with van der Waals surface area (Å²) >= 11 is 0. The second-order valence-corrected chi connectivity index (χ2v) is 3.46. The van der Waals surface area contributed by atoms with Gasteiger partial charge in [-0.25, -0.2) is 4.79 Å².